The zero-order valence-electron chi connectivity index (χ0n) is 14.7. The lowest BCUT2D eigenvalue weighted by molar-refractivity contribution is 0.0818. The summed E-state index contributed by atoms with van der Waals surface area (Å²) < 4.78 is 7.67. The molecule has 0 bridgehead atoms. The second-order valence-corrected chi connectivity index (χ2v) is 13.1. The van der Waals surface area contributed by atoms with Gasteiger partial charge in [0.25, 0.3) is 0 Å². The van der Waals surface area contributed by atoms with E-state index in [0.717, 1.165) is 23.6 Å². The van der Waals surface area contributed by atoms with Gasteiger partial charge in [-0.05, 0) is 35.8 Å². The molecule has 8 heteroatoms. The number of benzene rings is 1. The van der Waals surface area contributed by atoms with Crippen LogP contribution in [0.1, 0.15) is 0 Å². The van der Waals surface area contributed by atoms with E-state index in [2.05, 4.69) is 34.7 Å². The molecule has 2 N–H and O–H groups in total. The lowest BCUT2D eigenvalue weighted by Gasteiger charge is -2.15. The average Bonchev–Trinajstić information content (AvgIpc) is 2.91. The van der Waals surface area contributed by atoms with Crippen molar-refractivity contribution in [2.24, 2.45) is 0 Å². The van der Waals surface area contributed by atoms with E-state index < -0.39 is 8.07 Å². The highest BCUT2D eigenvalue weighted by atomic mass is 35.5. The summed E-state index contributed by atoms with van der Waals surface area (Å²) in [5.41, 5.74) is 9.08. The summed E-state index contributed by atoms with van der Waals surface area (Å²) in [6, 6.07) is 8.63. The number of rotatable bonds is 6. The molecule has 0 saturated heterocycles. The van der Waals surface area contributed by atoms with Gasteiger partial charge >= 0.3 is 0 Å². The molecule has 2 heterocycles. The smallest absolute Gasteiger partial charge is 0.222 e. The minimum atomic E-state index is -1.12. The Morgan fingerprint density at radius 3 is 2.76 bits per heavy atom. The van der Waals surface area contributed by atoms with Gasteiger partial charge in [0.15, 0.2) is 0 Å². The second kappa shape index (κ2) is 7.11. The third-order valence-electron chi connectivity index (χ3n) is 3.89. The first-order valence-corrected chi connectivity index (χ1v) is 12.3. The normalized spacial score (nSPS) is 12.0. The van der Waals surface area contributed by atoms with Crippen LogP contribution in [0.15, 0.2) is 30.5 Å². The monoisotopic (exact) mass is 375 g/mol. The molecule has 0 amide bonds. The molecule has 0 radical (unpaired) electrons. The van der Waals surface area contributed by atoms with Crippen LogP contribution in [0.4, 0.5) is 5.69 Å². The topological polar surface area (TPSA) is 78.8 Å². The average molecular weight is 376 g/mol. The van der Waals surface area contributed by atoms with Gasteiger partial charge in [0.1, 0.15) is 12.4 Å². The summed E-state index contributed by atoms with van der Waals surface area (Å²) in [5, 5.41) is 5.70. The first-order chi connectivity index (χ1) is 11.8. The first kappa shape index (κ1) is 17.8. The van der Waals surface area contributed by atoms with Crippen molar-refractivity contribution in [1.82, 2.24) is 19.7 Å². The molecule has 0 fully saturated rings. The molecule has 0 aliphatic heterocycles. The molecule has 0 atom stereocenters. The van der Waals surface area contributed by atoms with E-state index in [9.17, 15) is 0 Å². The third-order valence-corrected chi connectivity index (χ3v) is 5.78. The van der Waals surface area contributed by atoms with Crippen LogP contribution < -0.4 is 5.73 Å². The Hall–Kier alpha value is -1.96. The number of halogens is 1. The number of hydrogen-bond acceptors (Lipinski definition) is 5. The standard InChI is InChI=1S/C17H22ClN5OSi/c1-25(2,3)10-9-24-11-23-14-6-4-5-12(19)15(14)16(22-23)13-7-8-20-17(18)21-13/h4-8H,9-11,19H2,1-3H3. The molecule has 0 unspecified atom stereocenters. The molecule has 25 heavy (non-hydrogen) atoms. The largest absolute Gasteiger partial charge is 0.398 e. The predicted octanol–water partition coefficient (Wildman–Crippen LogP) is 4.04. The molecule has 3 aromatic rings. The van der Waals surface area contributed by atoms with Crippen molar-refractivity contribution < 1.29 is 4.74 Å². The molecule has 0 spiro atoms. The van der Waals surface area contributed by atoms with Crippen LogP contribution in [0.5, 0.6) is 0 Å². The maximum Gasteiger partial charge on any atom is 0.222 e. The van der Waals surface area contributed by atoms with Crippen LogP contribution in [0.25, 0.3) is 22.3 Å². The minimum Gasteiger partial charge on any atom is -0.398 e. The van der Waals surface area contributed by atoms with Crippen molar-refractivity contribution in [1.29, 1.82) is 0 Å². The SMILES string of the molecule is C[Si](C)(C)CCOCn1nc(-c2ccnc(Cl)n2)c2c(N)cccc21. The maximum atomic E-state index is 6.19. The molecule has 3 rings (SSSR count). The minimum absolute atomic E-state index is 0.182. The molecule has 1 aromatic carbocycles. The van der Waals surface area contributed by atoms with Crippen molar-refractivity contribution in [3.63, 3.8) is 0 Å². The summed E-state index contributed by atoms with van der Waals surface area (Å²) >= 11 is 5.93. The molecular weight excluding hydrogens is 354 g/mol. The van der Waals surface area contributed by atoms with Crippen molar-refractivity contribution >= 4 is 36.3 Å². The zero-order valence-corrected chi connectivity index (χ0v) is 16.4. The Morgan fingerprint density at radius 2 is 2.04 bits per heavy atom. The van der Waals surface area contributed by atoms with E-state index in [-0.39, 0.29) is 5.28 Å². The van der Waals surface area contributed by atoms with Crippen LogP contribution in [0, 0.1) is 0 Å². The van der Waals surface area contributed by atoms with Crippen molar-refractivity contribution in [3.05, 3.63) is 35.7 Å². The second-order valence-electron chi connectivity index (χ2n) is 7.15. The molecule has 132 valence electrons. The molecule has 6 nitrogen and oxygen atoms in total. The Balaban J connectivity index is 1.93. The van der Waals surface area contributed by atoms with Crippen molar-refractivity contribution in [2.45, 2.75) is 32.4 Å². The molecule has 0 aliphatic rings. The van der Waals surface area contributed by atoms with E-state index in [1.807, 2.05) is 22.9 Å². The number of ether oxygens (including phenoxy) is 1. The molecule has 2 aromatic heterocycles. The number of fused-ring (bicyclic) bond motifs is 1. The molecule has 0 saturated carbocycles. The van der Waals surface area contributed by atoms with Crippen LogP contribution in [-0.4, -0.2) is 34.4 Å². The highest BCUT2D eigenvalue weighted by Gasteiger charge is 2.17. The van der Waals surface area contributed by atoms with Gasteiger partial charge in [-0.2, -0.15) is 5.10 Å². The first-order valence-electron chi connectivity index (χ1n) is 8.17. The summed E-state index contributed by atoms with van der Waals surface area (Å²) in [7, 11) is -1.12. The summed E-state index contributed by atoms with van der Waals surface area (Å²) in [6.45, 7) is 8.10. The predicted molar refractivity (Wildman–Crippen MR) is 104 cm³/mol. The van der Waals surface area contributed by atoms with E-state index in [1.165, 1.54) is 0 Å². The third kappa shape index (κ3) is 4.17. The highest BCUT2D eigenvalue weighted by molar-refractivity contribution is 6.76. The van der Waals surface area contributed by atoms with Crippen molar-refractivity contribution in [3.8, 4) is 11.4 Å². The van der Waals surface area contributed by atoms with Crippen LogP contribution in [0.3, 0.4) is 0 Å². The van der Waals surface area contributed by atoms with Gasteiger partial charge in [-0.25, -0.2) is 14.6 Å². The zero-order chi connectivity index (χ0) is 18.0. The van der Waals surface area contributed by atoms with Gasteiger partial charge in [0.05, 0.1) is 16.6 Å². The van der Waals surface area contributed by atoms with E-state index in [4.69, 9.17) is 22.1 Å². The quantitative estimate of drug-likeness (QED) is 0.304. The van der Waals surface area contributed by atoms with E-state index in [1.54, 1.807) is 12.3 Å². The summed E-state index contributed by atoms with van der Waals surface area (Å²) in [5.74, 6) is 0. The van der Waals surface area contributed by atoms with E-state index >= 15 is 0 Å². The Kier molecular flexibility index (Phi) is 5.08. The number of nitrogen functional groups attached to an aromatic ring is 1. The molecule has 0 aliphatic carbocycles. The van der Waals surface area contributed by atoms with Crippen LogP contribution >= 0.6 is 11.6 Å². The maximum absolute atomic E-state index is 6.19. The molecular formula is C17H22ClN5OSi. The number of nitrogens with zero attached hydrogens (tertiary/aromatic N) is 4. The fourth-order valence-electron chi connectivity index (χ4n) is 2.53. The van der Waals surface area contributed by atoms with Gasteiger partial charge in [0, 0.05) is 26.6 Å². The summed E-state index contributed by atoms with van der Waals surface area (Å²) in [4.78, 5) is 8.19. The Bertz CT molecular complexity index is 890. The number of anilines is 1. The lowest BCUT2D eigenvalue weighted by Crippen LogP contribution is -2.22. The van der Waals surface area contributed by atoms with Gasteiger partial charge in [-0.1, -0.05) is 25.7 Å². The lowest BCUT2D eigenvalue weighted by atomic mass is 10.1. The number of hydrogen-bond donors (Lipinski definition) is 1. The fourth-order valence-corrected chi connectivity index (χ4v) is 3.43. The number of aromatic nitrogens is 4. The van der Waals surface area contributed by atoms with Crippen LogP contribution in [-0.2, 0) is 11.5 Å². The van der Waals surface area contributed by atoms with Crippen molar-refractivity contribution in [2.75, 3.05) is 12.3 Å². The Morgan fingerprint density at radius 1 is 1.24 bits per heavy atom. The Labute approximate surface area is 153 Å². The number of nitrogens with two attached hydrogens (primary N) is 1. The highest BCUT2D eigenvalue weighted by Crippen LogP contribution is 2.31. The summed E-state index contributed by atoms with van der Waals surface area (Å²) in [6.07, 6.45) is 1.61. The fraction of sp³-hybridized carbons (Fsp3) is 0.353. The van der Waals surface area contributed by atoms with Gasteiger partial charge in [0.2, 0.25) is 5.28 Å². The van der Waals surface area contributed by atoms with Gasteiger partial charge < -0.3 is 10.5 Å². The van der Waals surface area contributed by atoms with Gasteiger partial charge in [-0.15, -0.1) is 0 Å². The van der Waals surface area contributed by atoms with Gasteiger partial charge in [-0.3, -0.25) is 0 Å². The van der Waals surface area contributed by atoms with Crippen LogP contribution in [0.2, 0.25) is 31.0 Å². The van der Waals surface area contributed by atoms with E-state index in [0.29, 0.717) is 23.8 Å².